The van der Waals surface area contributed by atoms with Crippen LogP contribution in [-0.2, 0) is 31.9 Å². The third-order valence-electron chi connectivity index (χ3n) is 8.87. The van der Waals surface area contributed by atoms with Crippen LogP contribution in [0.15, 0.2) is 79.0 Å². The van der Waals surface area contributed by atoms with Crippen LogP contribution in [0.4, 0.5) is 9.59 Å². The molecule has 2 aromatic carbocycles. The lowest BCUT2D eigenvalue weighted by Gasteiger charge is -2.35. The van der Waals surface area contributed by atoms with E-state index in [2.05, 4.69) is 26.3 Å². The van der Waals surface area contributed by atoms with Gasteiger partial charge in [0.25, 0.3) is 0 Å². The van der Waals surface area contributed by atoms with Crippen molar-refractivity contribution in [3.05, 3.63) is 90.1 Å². The highest BCUT2D eigenvalue weighted by Gasteiger charge is 2.39. The first kappa shape index (κ1) is 41.8. The zero-order valence-electron chi connectivity index (χ0n) is 31.3. The van der Waals surface area contributed by atoms with E-state index >= 15 is 0 Å². The first-order valence-corrected chi connectivity index (χ1v) is 18.4. The Hall–Kier alpha value is -4.62. The second-order valence-corrected chi connectivity index (χ2v) is 15.7. The van der Waals surface area contributed by atoms with Gasteiger partial charge in [-0.3, -0.25) is 14.6 Å². The second kappa shape index (κ2) is 19.3. The number of pyridine rings is 1. The van der Waals surface area contributed by atoms with Crippen LogP contribution in [0.2, 0.25) is 0 Å². The molecule has 282 valence electrons. The Bertz CT molecular complexity index is 1600. The number of amides is 4. The van der Waals surface area contributed by atoms with Crippen molar-refractivity contribution < 1.29 is 33.8 Å². The topological polar surface area (TPSA) is 168 Å². The number of benzene rings is 2. The number of aromatic nitrogens is 1. The fourth-order valence-corrected chi connectivity index (χ4v) is 6.08. The van der Waals surface area contributed by atoms with E-state index in [0.29, 0.717) is 6.42 Å². The summed E-state index contributed by atoms with van der Waals surface area (Å²) in [5.41, 5.74) is 2.82. The maximum atomic E-state index is 13.9. The molecule has 0 radical (unpaired) electrons. The summed E-state index contributed by atoms with van der Waals surface area (Å²) >= 11 is 1.40. The number of ether oxygens (including phenoxy) is 2. The van der Waals surface area contributed by atoms with Gasteiger partial charge in [-0.15, -0.1) is 0 Å². The molecule has 1 aromatic heterocycles. The van der Waals surface area contributed by atoms with E-state index in [1.807, 2.05) is 114 Å². The van der Waals surface area contributed by atoms with Crippen molar-refractivity contribution in [1.29, 1.82) is 0 Å². The van der Waals surface area contributed by atoms with E-state index in [1.165, 1.54) is 26.0 Å². The van der Waals surface area contributed by atoms with Gasteiger partial charge in [0.05, 0.1) is 32.1 Å². The number of carbonyl (C=O) groups is 4. The molecule has 52 heavy (non-hydrogen) atoms. The van der Waals surface area contributed by atoms with E-state index < -0.39 is 64.4 Å². The number of aliphatic hydroxyl groups excluding tert-OH is 1. The number of aliphatic hydroxyl groups is 1. The number of rotatable bonds is 16. The monoisotopic (exact) mass is 735 g/mol. The van der Waals surface area contributed by atoms with Crippen LogP contribution in [0.25, 0.3) is 11.3 Å². The minimum atomic E-state index is -1.15. The molecule has 13 heteroatoms. The summed E-state index contributed by atoms with van der Waals surface area (Å²) in [6.45, 7) is 9.15. The van der Waals surface area contributed by atoms with Gasteiger partial charge in [0.15, 0.2) is 0 Å². The Balaban J connectivity index is 1.97. The van der Waals surface area contributed by atoms with Gasteiger partial charge < -0.3 is 35.8 Å². The fourth-order valence-electron chi connectivity index (χ4n) is 5.68. The Morgan fingerprint density at radius 3 is 1.83 bits per heavy atom. The van der Waals surface area contributed by atoms with Gasteiger partial charge in [-0.05, 0) is 68.0 Å². The molecule has 5 atom stereocenters. The van der Waals surface area contributed by atoms with Gasteiger partial charge in [-0.2, -0.15) is 11.8 Å². The fraction of sp³-hybridized carbons (Fsp3) is 0.462. The largest absolute Gasteiger partial charge is 0.453 e. The maximum absolute atomic E-state index is 13.9. The SMILES string of the molecule is COC(=O)N[C@H](C(=O)N[C@@H](Cc1ccc(-c2ccccn2)cc1)C[C@H](O)[C@H](Cc1ccccc1)NC(=O)[C@@H](NC(=O)OC)C(C)(C)SC)C(C)(C)C. The Morgan fingerprint density at radius 2 is 1.29 bits per heavy atom. The first-order valence-electron chi connectivity index (χ1n) is 17.1. The highest BCUT2D eigenvalue weighted by atomic mass is 32.2. The predicted octanol–water partition coefficient (Wildman–Crippen LogP) is 4.89. The average Bonchev–Trinajstić information content (AvgIpc) is 3.12. The van der Waals surface area contributed by atoms with E-state index in [9.17, 15) is 24.3 Å². The first-order chi connectivity index (χ1) is 24.6. The van der Waals surface area contributed by atoms with Gasteiger partial charge in [0.1, 0.15) is 12.1 Å². The molecule has 0 spiro atoms. The number of hydrogen-bond acceptors (Lipinski definition) is 9. The van der Waals surface area contributed by atoms with Crippen LogP contribution in [0.5, 0.6) is 0 Å². The van der Waals surface area contributed by atoms with Crippen molar-refractivity contribution in [2.24, 2.45) is 5.41 Å². The molecule has 0 aliphatic heterocycles. The molecule has 0 fully saturated rings. The number of hydrogen-bond donors (Lipinski definition) is 5. The zero-order valence-corrected chi connectivity index (χ0v) is 32.1. The lowest BCUT2D eigenvalue weighted by molar-refractivity contribution is -0.127. The Labute approximate surface area is 311 Å². The number of alkyl carbamates (subject to hydrolysis) is 2. The number of thioether (sulfide) groups is 1. The van der Waals surface area contributed by atoms with Crippen molar-refractivity contribution in [1.82, 2.24) is 26.3 Å². The van der Waals surface area contributed by atoms with E-state index in [-0.39, 0.29) is 12.8 Å². The molecule has 0 bridgehead atoms. The third-order valence-corrected chi connectivity index (χ3v) is 10.2. The predicted molar refractivity (Wildman–Crippen MR) is 204 cm³/mol. The van der Waals surface area contributed by atoms with Crippen LogP contribution in [0, 0.1) is 5.41 Å². The molecule has 3 aromatic rings. The summed E-state index contributed by atoms with van der Waals surface area (Å²) in [6.07, 6.45) is 1.56. The molecule has 0 saturated heterocycles. The minimum Gasteiger partial charge on any atom is -0.453 e. The molecule has 1 heterocycles. The number of methoxy groups -OCH3 is 2. The number of carbonyl (C=O) groups excluding carboxylic acids is 4. The van der Waals surface area contributed by atoms with Crippen LogP contribution in [-0.4, -0.2) is 89.6 Å². The molecule has 12 nitrogen and oxygen atoms in total. The van der Waals surface area contributed by atoms with Gasteiger partial charge in [-0.25, -0.2) is 9.59 Å². The Kier molecular flexibility index (Phi) is 15.5. The molecule has 0 aliphatic carbocycles. The lowest BCUT2D eigenvalue weighted by atomic mass is 9.85. The second-order valence-electron chi connectivity index (χ2n) is 14.2. The molecule has 0 unspecified atom stereocenters. The maximum Gasteiger partial charge on any atom is 0.407 e. The minimum absolute atomic E-state index is 0.0433. The average molecular weight is 736 g/mol. The zero-order chi connectivity index (χ0) is 38.5. The van der Waals surface area contributed by atoms with Crippen LogP contribution >= 0.6 is 11.8 Å². The molecular weight excluding hydrogens is 683 g/mol. The normalized spacial score (nSPS) is 14.5. The van der Waals surface area contributed by atoms with Crippen molar-refractivity contribution in [2.75, 3.05) is 20.5 Å². The molecule has 0 saturated carbocycles. The van der Waals surface area contributed by atoms with Crippen LogP contribution in [0.3, 0.4) is 0 Å². The van der Waals surface area contributed by atoms with Crippen molar-refractivity contribution in [3.63, 3.8) is 0 Å². The summed E-state index contributed by atoms with van der Waals surface area (Å²) in [5.74, 6) is -0.946. The standard InChI is InChI=1S/C39H53N5O7S/c1-38(2,3)32(43-36(48)50-6)34(46)41-28(22-26-17-19-27(20-18-26)29-16-12-13-21-40-29)24-31(45)30(23-25-14-10-9-11-15-25)42-35(47)33(39(4,5)52-8)44-37(49)51-7/h9-21,28,30-33,45H,22-24H2,1-8H3,(H,41,46)(H,42,47)(H,43,48)(H,44,49)/t28-,30-,31-,32+,33+/m0/s1. The third kappa shape index (κ3) is 12.6. The molecule has 5 N–H and O–H groups in total. The summed E-state index contributed by atoms with van der Waals surface area (Å²) in [6, 6.07) is 19.5. The van der Waals surface area contributed by atoms with Gasteiger partial charge in [0.2, 0.25) is 11.8 Å². The Morgan fingerprint density at radius 1 is 0.731 bits per heavy atom. The molecule has 3 rings (SSSR count). The summed E-state index contributed by atoms with van der Waals surface area (Å²) < 4.78 is 8.87. The molecule has 0 aliphatic rings. The van der Waals surface area contributed by atoms with Crippen LogP contribution in [0.1, 0.15) is 52.2 Å². The van der Waals surface area contributed by atoms with Gasteiger partial charge in [0, 0.05) is 22.5 Å². The van der Waals surface area contributed by atoms with Crippen LogP contribution < -0.4 is 21.3 Å². The quantitative estimate of drug-likeness (QED) is 0.138. The number of nitrogens with one attached hydrogen (secondary N) is 4. The molecular formula is C39H53N5O7S. The highest BCUT2D eigenvalue weighted by molar-refractivity contribution is 8.00. The highest BCUT2D eigenvalue weighted by Crippen LogP contribution is 2.27. The molecule has 4 amide bonds. The van der Waals surface area contributed by atoms with E-state index in [1.54, 1.807) is 6.20 Å². The smallest absolute Gasteiger partial charge is 0.407 e. The van der Waals surface area contributed by atoms with E-state index in [4.69, 9.17) is 9.47 Å². The van der Waals surface area contributed by atoms with Crippen molar-refractivity contribution >= 4 is 35.8 Å². The summed E-state index contributed by atoms with van der Waals surface area (Å²) in [5, 5.41) is 23.3. The number of nitrogens with zero attached hydrogens (tertiary/aromatic N) is 1. The van der Waals surface area contributed by atoms with E-state index in [0.717, 1.165) is 22.4 Å². The van der Waals surface area contributed by atoms with Gasteiger partial charge in [-0.1, -0.05) is 81.4 Å². The van der Waals surface area contributed by atoms with Crippen molar-refractivity contribution in [3.8, 4) is 11.3 Å². The lowest BCUT2D eigenvalue weighted by Crippen LogP contribution is -2.60. The van der Waals surface area contributed by atoms with Crippen molar-refractivity contribution in [2.45, 2.75) is 88.9 Å². The summed E-state index contributed by atoms with van der Waals surface area (Å²) in [7, 11) is 2.46. The summed E-state index contributed by atoms with van der Waals surface area (Å²) in [4.78, 5) is 56.7. The van der Waals surface area contributed by atoms with Gasteiger partial charge >= 0.3 is 12.2 Å².